The standard InChI is InChI=1S/C25H32N4O3S/c1-17-12-18(2)14-23(13-17)29(33(31,32)25-20(4)27-28(6)21(25)5)16-24(30)26-15-19(3)22-10-8-7-9-11-22/h7-14,19H,15-16H2,1-6H3,(H,26,30)/t19-/m0/s1. The van der Waals surface area contributed by atoms with Crippen LogP contribution in [0.5, 0.6) is 0 Å². The van der Waals surface area contributed by atoms with Crippen molar-refractivity contribution in [1.29, 1.82) is 0 Å². The first-order valence-corrected chi connectivity index (χ1v) is 12.4. The first-order valence-electron chi connectivity index (χ1n) is 10.9. The first kappa shape index (κ1) is 24.5. The highest BCUT2D eigenvalue weighted by Gasteiger charge is 2.32. The van der Waals surface area contributed by atoms with Crippen molar-refractivity contribution in [2.24, 2.45) is 7.05 Å². The molecule has 0 aliphatic heterocycles. The van der Waals surface area contributed by atoms with Crippen molar-refractivity contribution in [3.63, 3.8) is 0 Å². The maximum Gasteiger partial charge on any atom is 0.268 e. The van der Waals surface area contributed by atoms with Crippen LogP contribution in [0.3, 0.4) is 0 Å². The molecule has 8 heteroatoms. The molecule has 1 N–H and O–H groups in total. The van der Waals surface area contributed by atoms with E-state index in [2.05, 4.69) is 10.4 Å². The van der Waals surface area contributed by atoms with Crippen LogP contribution in [0.2, 0.25) is 0 Å². The van der Waals surface area contributed by atoms with E-state index in [9.17, 15) is 13.2 Å². The monoisotopic (exact) mass is 468 g/mol. The number of aromatic nitrogens is 2. The topological polar surface area (TPSA) is 84.3 Å². The van der Waals surface area contributed by atoms with Gasteiger partial charge in [0.25, 0.3) is 10.0 Å². The first-order chi connectivity index (χ1) is 15.5. The summed E-state index contributed by atoms with van der Waals surface area (Å²) in [5.41, 5.74) is 4.34. The number of sulfonamides is 1. The lowest BCUT2D eigenvalue weighted by molar-refractivity contribution is -0.119. The smallest absolute Gasteiger partial charge is 0.268 e. The Hall–Kier alpha value is -3.13. The van der Waals surface area contributed by atoms with E-state index in [0.29, 0.717) is 23.6 Å². The van der Waals surface area contributed by atoms with Gasteiger partial charge in [-0.2, -0.15) is 5.10 Å². The average Bonchev–Trinajstić information content (AvgIpc) is 3.01. The quantitative estimate of drug-likeness (QED) is 0.545. The third-order valence-corrected chi connectivity index (χ3v) is 7.77. The zero-order valence-electron chi connectivity index (χ0n) is 20.1. The van der Waals surface area contributed by atoms with Gasteiger partial charge in [-0.05, 0) is 62.4 Å². The van der Waals surface area contributed by atoms with E-state index in [4.69, 9.17) is 0 Å². The number of aryl methyl sites for hydroxylation is 4. The predicted molar refractivity (Wildman–Crippen MR) is 131 cm³/mol. The summed E-state index contributed by atoms with van der Waals surface area (Å²) in [6.45, 7) is 9.31. The molecule has 0 saturated heterocycles. The number of rotatable bonds is 8. The molecule has 0 spiro atoms. The molecule has 1 amide bonds. The van der Waals surface area contributed by atoms with Crippen molar-refractivity contribution in [2.45, 2.75) is 45.4 Å². The highest BCUT2D eigenvalue weighted by Crippen LogP contribution is 2.29. The molecule has 0 saturated carbocycles. The van der Waals surface area contributed by atoms with Gasteiger partial charge in [-0.25, -0.2) is 8.42 Å². The molecule has 0 unspecified atom stereocenters. The molecule has 3 rings (SSSR count). The lowest BCUT2D eigenvalue weighted by atomic mass is 10.0. The van der Waals surface area contributed by atoms with Crippen LogP contribution in [0.4, 0.5) is 5.69 Å². The molecule has 0 aliphatic carbocycles. The van der Waals surface area contributed by atoms with Crippen LogP contribution in [-0.4, -0.2) is 37.2 Å². The molecule has 33 heavy (non-hydrogen) atoms. The van der Waals surface area contributed by atoms with Crippen LogP contribution in [0.15, 0.2) is 53.4 Å². The van der Waals surface area contributed by atoms with Crippen molar-refractivity contribution >= 4 is 21.6 Å². The van der Waals surface area contributed by atoms with Gasteiger partial charge in [0, 0.05) is 13.6 Å². The maximum atomic E-state index is 13.8. The Morgan fingerprint density at radius 1 is 1.06 bits per heavy atom. The molecule has 2 aromatic carbocycles. The summed E-state index contributed by atoms with van der Waals surface area (Å²) in [6.07, 6.45) is 0. The molecule has 1 atom stereocenters. The second kappa shape index (κ2) is 9.79. The van der Waals surface area contributed by atoms with Gasteiger partial charge in [0.15, 0.2) is 0 Å². The van der Waals surface area contributed by atoms with Gasteiger partial charge in [-0.1, -0.05) is 43.3 Å². The highest BCUT2D eigenvalue weighted by atomic mass is 32.2. The number of nitrogens with zero attached hydrogens (tertiary/aromatic N) is 3. The lowest BCUT2D eigenvalue weighted by Gasteiger charge is -2.25. The lowest BCUT2D eigenvalue weighted by Crippen LogP contribution is -2.42. The summed E-state index contributed by atoms with van der Waals surface area (Å²) < 4.78 is 30.3. The van der Waals surface area contributed by atoms with Crippen LogP contribution in [-0.2, 0) is 21.9 Å². The third-order valence-electron chi connectivity index (χ3n) is 5.75. The number of hydrogen-bond acceptors (Lipinski definition) is 4. The van der Waals surface area contributed by atoms with Gasteiger partial charge in [0.2, 0.25) is 5.91 Å². The van der Waals surface area contributed by atoms with Gasteiger partial charge in [0.05, 0.1) is 17.1 Å². The summed E-state index contributed by atoms with van der Waals surface area (Å²) >= 11 is 0. The van der Waals surface area contributed by atoms with E-state index in [1.807, 2.05) is 57.2 Å². The molecule has 176 valence electrons. The fraction of sp³-hybridized carbons (Fsp3) is 0.360. The van der Waals surface area contributed by atoms with Crippen molar-refractivity contribution in [3.05, 3.63) is 76.6 Å². The minimum absolute atomic E-state index is 0.101. The molecule has 1 heterocycles. The van der Waals surface area contributed by atoms with Gasteiger partial charge in [-0.3, -0.25) is 13.8 Å². The van der Waals surface area contributed by atoms with Crippen molar-refractivity contribution in [1.82, 2.24) is 15.1 Å². The molecule has 0 aliphatic rings. The van der Waals surface area contributed by atoms with Crippen molar-refractivity contribution in [3.8, 4) is 0 Å². The number of nitrogens with one attached hydrogen (secondary N) is 1. The zero-order chi connectivity index (χ0) is 24.3. The van der Waals surface area contributed by atoms with Crippen LogP contribution < -0.4 is 9.62 Å². The Morgan fingerprint density at radius 3 is 2.21 bits per heavy atom. The van der Waals surface area contributed by atoms with E-state index in [1.54, 1.807) is 37.7 Å². The predicted octanol–water partition coefficient (Wildman–Crippen LogP) is 3.77. The third kappa shape index (κ3) is 5.45. The largest absolute Gasteiger partial charge is 0.354 e. The van der Waals surface area contributed by atoms with Crippen LogP contribution in [0.25, 0.3) is 0 Å². The van der Waals surface area contributed by atoms with Crippen LogP contribution >= 0.6 is 0 Å². The van der Waals surface area contributed by atoms with Gasteiger partial charge in [0.1, 0.15) is 11.4 Å². The molecule has 0 radical (unpaired) electrons. The number of amides is 1. The summed E-state index contributed by atoms with van der Waals surface area (Å²) in [4.78, 5) is 13.1. The fourth-order valence-electron chi connectivity index (χ4n) is 4.00. The molecule has 0 bridgehead atoms. The second-order valence-electron chi connectivity index (χ2n) is 8.60. The number of anilines is 1. The van der Waals surface area contributed by atoms with Gasteiger partial charge >= 0.3 is 0 Å². The summed E-state index contributed by atoms with van der Waals surface area (Å²) in [5.74, 6) is -0.260. The van der Waals surface area contributed by atoms with E-state index in [0.717, 1.165) is 16.7 Å². The van der Waals surface area contributed by atoms with Crippen molar-refractivity contribution in [2.75, 3.05) is 17.4 Å². The van der Waals surface area contributed by atoms with E-state index < -0.39 is 10.0 Å². The number of carbonyl (C=O) groups is 1. The molecule has 0 fully saturated rings. The van der Waals surface area contributed by atoms with Crippen LogP contribution in [0.1, 0.15) is 40.9 Å². The molecule has 3 aromatic rings. The average molecular weight is 469 g/mol. The molecular formula is C25H32N4O3S. The Bertz CT molecular complexity index is 1230. The second-order valence-corrected chi connectivity index (χ2v) is 10.4. The van der Waals surface area contributed by atoms with Crippen LogP contribution in [0, 0.1) is 27.7 Å². The Labute approximate surface area is 196 Å². The van der Waals surface area contributed by atoms with E-state index in [1.165, 1.54) is 4.31 Å². The number of carbonyl (C=O) groups excluding carboxylic acids is 1. The zero-order valence-corrected chi connectivity index (χ0v) is 20.9. The maximum absolute atomic E-state index is 13.8. The molecule has 1 aromatic heterocycles. The number of benzene rings is 2. The molecular weight excluding hydrogens is 436 g/mol. The van der Waals surface area contributed by atoms with E-state index >= 15 is 0 Å². The van der Waals surface area contributed by atoms with Gasteiger partial charge in [-0.15, -0.1) is 0 Å². The Balaban J connectivity index is 1.92. The van der Waals surface area contributed by atoms with Gasteiger partial charge < -0.3 is 5.32 Å². The Morgan fingerprint density at radius 2 is 1.67 bits per heavy atom. The SMILES string of the molecule is Cc1cc(C)cc(N(CC(=O)NC[C@H](C)c2ccccc2)S(=O)(=O)c2c(C)nn(C)c2C)c1. The fourth-order valence-corrected chi connectivity index (χ4v) is 5.81. The Kier molecular flexibility index (Phi) is 7.27. The summed E-state index contributed by atoms with van der Waals surface area (Å²) in [6, 6.07) is 15.4. The van der Waals surface area contributed by atoms with Crippen molar-refractivity contribution < 1.29 is 13.2 Å². The minimum atomic E-state index is -4.02. The molecule has 7 nitrogen and oxygen atoms in total. The van der Waals surface area contributed by atoms with E-state index in [-0.39, 0.29) is 23.3 Å². The summed E-state index contributed by atoms with van der Waals surface area (Å²) in [5, 5.41) is 7.17. The summed E-state index contributed by atoms with van der Waals surface area (Å²) in [7, 11) is -2.32. The number of hydrogen-bond donors (Lipinski definition) is 1. The minimum Gasteiger partial charge on any atom is -0.354 e. The normalized spacial score (nSPS) is 12.4. The highest BCUT2D eigenvalue weighted by molar-refractivity contribution is 7.93.